The first kappa shape index (κ1) is 21.7. The molecule has 0 bridgehead atoms. The highest BCUT2D eigenvalue weighted by Gasteiger charge is 2.28. The van der Waals surface area contributed by atoms with Crippen LogP contribution >= 0.6 is 0 Å². The maximum atomic E-state index is 12.7. The van der Waals surface area contributed by atoms with Gasteiger partial charge in [0.25, 0.3) is 17.4 Å². The summed E-state index contributed by atoms with van der Waals surface area (Å²) in [6.07, 6.45) is 1.58. The molecule has 1 aliphatic rings. The van der Waals surface area contributed by atoms with Gasteiger partial charge in [-0.1, -0.05) is 24.3 Å². The van der Waals surface area contributed by atoms with Gasteiger partial charge in [-0.2, -0.15) is 5.10 Å². The molecule has 166 valence electrons. The molecule has 2 aromatic carbocycles. The fourth-order valence-electron chi connectivity index (χ4n) is 3.16. The van der Waals surface area contributed by atoms with Crippen LogP contribution in [0.4, 0.5) is 0 Å². The molecular formula is C21H21N5O5S. The lowest BCUT2D eigenvalue weighted by Crippen LogP contribution is -2.42. The number of fused-ring (bicyclic) bond motifs is 1. The van der Waals surface area contributed by atoms with Crippen molar-refractivity contribution in [3.8, 4) is 0 Å². The Morgan fingerprint density at radius 3 is 2.41 bits per heavy atom. The van der Waals surface area contributed by atoms with E-state index in [1.807, 2.05) is 0 Å². The quantitative estimate of drug-likeness (QED) is 0.473. The number of hydrogen-bond donors (Lipinski definition) is 3. The van der Waals surface area contributed by atoms with Crippen molar-refractivity contribution in [2.75, 3.05) is 0 Å². The third kappa shape index (κ3) is 4.39. The third-order valence-corrected chi connectivity index (χ3v) is 6.50. The summed E-state index contributed by atoms with van der Waals surface area (Å²) in [6.45, 7) is 2.00. The Kier molecular flexibility index (Phi) is 5.76. The van der Waals surface area contributed by atoms with Gasteiger partial charge >= 0.3 is 0 Å². The van der Waals surface area contributed by atoms with Crippen molar-refractivity contribution in [2.45, 2.75) is 37.2 Å². The van der Waals surface area contributed by atoms with Crippen molar-refractivity contribution in [1.29, 1.82) is 0 Å². The molecule has 0 unspecified atom stereocenters. The standard InChI is InChI=1S/C21H21N5O5S/c1-2-26-21(29)17-9-4-3-8-16(17)18(24-26)20(28)23-22-19(27)13-6-5-7-15(12-13)32(30,31)25-14-10-11-14/h3-9,12,14,25H,2,10-11H2,1H3,(H,22,27)(H,23,28). The zero-order chi connectivity index (χ0) is 22.9. The first-order chi connectivity index (χ1) is 15.3. The number of hydrogen-bond acceptors (Lipinski definition) is 6. The van der Waals surface area contributed by atoms with Gasteiger partial charge in [-0.15, -0.1) is 0 Å². The molecule has 4 rings (SSSR count). The Morgan fingerprint density at radius 1 is 1.03 bits per heavy atom. The predicted octanol–water partition coefficient (Wildman–Crippen LogP) is 0.932. The molecule has 0 aliphatic heterocycles. The summed E-state index contributed by atoms with van der Waals surface area (Å²) in [7, 11) is -3.72. The summed E-state index contributed by atoms with van der Waals surface area (Å²) < 4.78 is 28.5. The molecule has 3 aromatic rings. The van der Waals surface area contributed by atoms with E-state index in [-0.39, 0.29) is 34.3 Å². The van der Waals surface area contributed by atoms with E-state index < -0.39 is 21.8 Å². The predicted molar refractivity (Wildman–Crippen MR) is 116 cm³/mol. The molecule has 1 aromatic heterocycles. The summed E-state index contributed by atoms with van der Waals surface area (Å²) in [5, 5.41) is 4.79. The van der Waals surface area contributed by atoms with E-state index in [2.05, 4.69) is 20.7 Å². The smallest absolute Gasteiger partial charge is 0.267 e. The maximum absolute atomic E-state index is 12.7. The van der Waals surface area contributed by atoms with Crippen LogP contribution in [0.5, 0.6) is 0 Å². The Morgan fingerprint density at radius 2 is 1.72 bits per heavy atom. The number of carbonyl (C=O) groups excluding carboxylic acids is 2. The first-order valence-electron chi connectivity index (χ1n) is 10.0. The van der Waals surface area contributed by atoms with Gasteiger partial charge < -0.3 is 0 Å². The monoisotopic (exact) mass is 455 g/mol. The van der Waals surface area contributed by atoms with Crippen molar-refractivity contribution >= 4 is 32.6 Å². The van der Waals surface area contributed by atoms with Crippen LogP contribution in [0, 0.1) is 0 Å². The fraction of sp³-hybridized carbons (Fsp3) is 0.238. The van der Waals surface area contributed by atoms with Gasteiger partial charge in [0.1, 0.15) is 0 Å². The number of aromatic nitrogens is 2. The molecule has 1 saturated carbocycles. The normalized spacial score (nSPS) is 13.7. The molecular weight excluding hydrogens is 434 g/mol. The zero-order valence-corrected chi connectivity index (χ0v) is 18.0. The third-order valence-electron chi connectivity index (χ3n) is 4.98. The average molecular weight is 455 g/mol. The van der Waals surface area contributed by atoms with Crippen molar-refractivity contribution in [3.05, 3.63) is 70.1 Å². The van der Waals surface area contributed by atoms with E-state index in [4.69, 9.17) is 0 Å². The van der Waals surface area contributed by atoms with E-state index in [1.54, 1.807) is 31.2 Å². The second kappa shape index (κ2) is 8.52. The molecule has 0 atom stereocenters. The van der Waals surface area contributed by atoms with E-state index in [1.165, 1.54) is 28.9 Å². The van der Waals surface area contributed by atoms with Gasteiger partial charge in [0.2, 0.25) is 10.0 Å². The lowest BCUT2D eigenvalue weighted by molar-refractivity contribution is 0.0843. The van der Waals surface area contributed by atoms with Crippen LogP contribution in [0.3, 0.4) is 0 Å². The number of nitrogens with one attached hydrogen (secondary N) is 3. The number of rotatable bonds is 6. The Hall–Kier alpha value is -3.57. The van der Waals surface area contributed by atoms with Crippen LogP contribution in [0.2, 0.25) is 0 Å². The van der Waals surface area contributed by atoms with Crippen LogP contribution in [0.15, 0.2) is 58.2 Å². The Bertz CT molecular complexity index is 1380. The minimum atomic E-state index is -3.72. The van der Waals surface area contributed by atoms with Crippen LogP contribution in [-0.4, -0.2) is 36.1 Å². The minimum Gasteiger partial charge on any atom is -0.267 e. The highest BCUT2D eigenvalue weighted by atomic mass is 32.2. The van der Waals surface area contributed by atoms with Crippen molar-refractivity contribution in [2.24, 2.45) is 0 Å². The van der Waals surface area contributed by atoms with E-state index >= 15 is 0 Å². The number of aryl methyl sites for hydroxylation is 1. The molecule has 1 aliphatic carbocycles. The second-order valence-corrected chi connectivity index (χ2v) is 9.06. The summed E-state index contributed by atoms with van der Waals surface area (Å²) in [6, 6.07) is 12.0. The summed E-state index contributed by atoms with van der Waals surface area (Å²) in [4.78, 5) is 37.6. The molecule has 32 heavy (non-hydrogen) atoms. The lowest BCUT2D eigenvalue weighted by Gasteiger charge is -2.11. The highest BCUT2D eigenvalue weighted by Crippen LogP contribution is 2.22. The van der Waals surface area contributed by atoms with Crippen molar-refractivity contribution < 1.29 is 18.0 Å². The minimum absolute atomic E-state index is 0.0210. The number of nitrogens with zero attached hydrogens (tertiary/aromatic N) is 2. The highest BCUT2D eigenvalue weighted by molar-refractivity contribution is 7.89. The van der Waals surface area contributed by atoms with E-state index in [0.717, 1.165) is 12.8 Å². The van der Waals surface area contributed by atoms with Gasteiger partial charge in [0.05, 0.1) is 10.3 Å². The molecule has 1 heterocycles. The largest absolute Gasteiger partial charge is 0.290 e. The fourth-order valence-corrected chi connectivity index (χ4v) is 4.51. The second-order valence-electron chi connectivity index (χ2n) is 7.35. The number of carbonyl (C=O) groups is 2. The van der Waals surface area contributed by atoms with Gasteiger partial charge in [0.15, 0.2) is 5.69 Å². The van der Waals surface area contributed by atoms with Gasteiger partial charge in [-0.05, 0) is 44.0 Å². The molecule has 0 saturated heterocycles. The van der Waals surface area contributed by atoms with Gasteiger partial charge in [-0.3, -0.25) is 25.2 Å². The van der Waals surface area contributed by atoms with Crippen LogP contribution in [0.25, 0.3) is 10.8 Å². The number of benzene rings is 2. The number of amides is 2. The van der Waals surface area contributed by atoms with Gasteiger partial charge in [0, 0.05) is 23.5 Å². The molecule has 0 spiro atoms. The van der Waals surface area contributed by atoms with Crippen LogP contribution in [0.1, 0.15) is 40.6 Å². The Labute approximate surface area is 183 Å². The SMILES string of the molecule is CCn1nc(C(=O)NNC(=O)c2cccc(S(=O)(=O)NC3CC3)c2)c2ccccc2c1=O. The molecule has 3 N–H and O–H groups in total. The summed E-state index contributed by atoms with van der Waals surface area (Å²) in [5.41, 5.74) is 4.26. The van der Waals surface area contributed by atoms with E-state index in [0.29, 0.717) is 10.8 Å². The number of sulfonamides is 1. The summed E-state index contributed by atoms with van der Waals surface area (Å²) >= 11 is 0. The molecule has 10 nitrogen and oxygen atoms in total. The van der Waals surface area contributed by atoms with Crippen LogP contribution < -0.4 is 21.1 Å². The number of hydrazine groups is 1. The Balaban J connectivity index is 1.53. The molecule has 1 fully saturated rings. The maximum Gasteiger partial charge on any atom is 0.290 e. The molecule has 0 radical (unpaired) electrons. The molecule has 2 amide bonds. The topological polar surface area (TPSA) is 139 Å². The lowest BCUT2D eigenvalue weighted by atomic mass is 10.1. The summed E-state index contributed by atoms with van der Waals surface area (Å²) in [5.74, 6) is -1.41. The van der Waals surface area contributed by atoms with Crippen LogP contribution in [-0.2, 0) is 16.6 Å². The van der Waals surface area contributed by atoms with Gasteiger partial charge in [-0.25, -0.2) is 17.8 Å². The molecule has 11 heteroatoms. The first-order valence-corrected chi connectivity index (χ1v) is 11.5. The van der Waals surface area contributed by atoms with Crippen molar-refractivity contribution in [3.63, 3.8) is 0 Å². The zero-order valence-electron chi connectivity index (χ0n) is 17.2. The van der Waals surface area contributed by atoms with Crippen molar-refractivity contribution in [1.82, 2.24) is 25.4 Å². The van der Waals surface area contributed by atoms with E-state index in [9.17, 15) is 22.8 Å². The average Bonchev–Trinajstić information content (AvgIpc) is 3.61.